The third-order valence-corrected chi connectivity index (χ3v) is 4.57. The largest absolute Gasteiger partial charge is 0.421 e. The molecule has 0 spiro atoms. The summed E-state index contributed by atoms with van der Waals surface area (Å²) in [5, 5.41) is 20.3. The maximum absolute atomic E-state index is 12.4. The van der Waals surface area contributed by atoms with E-state index in [1.165, 1.54) is 15.7 Å². The number of aromatic nitrogens is 1. The molecule has 6 heteroatoms. The van der Waals surface area contributed by atoms with E-state index < -0.39 is 5.63 Å². The Balaban J connectivity index is 2.27. The van der Waals surface area contributed by atoms with E-state index in [0.29, 0.717) is 22.2 Å². The third-order valence-electron chi connectivity index (χ3n) is 3.69. The van der Waals surface area contributed by atoms with Gasteiger partial charge >= 0.3 is 5.63 Å². The van der Waals surface area contributed by atoms with E-state index in [0.717, 1.165) is 4.88 Å². The standard InChI is InChI=1S/C17H9N3O2S/c18-9-11-10-8-13(14-5-3-7-23-14)22-17(21)15(10)16(19)20-6-2-1-4-12(11)20/h1-8,19H. The Morgan fingerprint density at radius 3 is 2.87 bits per heavy atom. The Kier molecular flexibility index (Phi) is 2.89. The summed E-state index contributed by atoms with van der Waals surface area (Å²) in [6.07, 6.45) is 1.66. The van der Waals surface area contributed by atoms with E-state index in [4.69, 9.17) is 9.83 Å². The number of rotatable bonds is 1. The zero-order valence-corrected chi connectivity index (χ0v) is 12.6. The number of pyridine rings is 2. The Bertz CT molecular complexity index is 1210. The van der Waals surface area contributed by atoms with Crippen molar-refractivity contribution in [2.75, 3.05) is 0 Å². The Hall–Kier alpha value is -3.17. The first-order valence-electron chi connectivity index (χ1n) is 6.80. The van der Waals surface area contributed by atoms with Gasteiger partial charge in [0.2, 0.25) is 0 Å². The molecule has 0 bridgehead atoms. The van der Waals surface area contributed by atoms with E-state index in [1.54, 1.807) is 30.5 Å². The molecule has 0 aliphatic carbocycles. The number of thiophene rings is 1. The van der Waals surface area contributed by atoms with Crippen molar-refractivity contribution in [2.45, 2.75) is 0 Å². The van der Waals surface area contributed by atoms with Crippen molar-refractivity contribution in [3.63, 3.8) is 0 Å². The SMILES string of the molecule is N#Cc1c2cc(-c3cccs3)oc(=O)c2c(=N)n2ccccc12. The number of nitrogens with one attached hydrogen (secondary N) is 1. The summed E-state index contributed by atoms with van der Waals surface area (Å²) in [6.45, 7) is 0. The zero-order valence-electron chi connectivity index (χ0n) is 11.7. The summed E-state index contributed by atoms with van der Waals surface area (Å²) in [5.74, 6) is 0.411. The van der Waals surface area contributed by atoms with Crippen LogP contribution in [-0.4, -0.2) is 4.40 Å². The Morgan fingerprint density at radius 2 is 2.13 bits per heavy atom. The minimum absolute atomic E-state index is 0.0149. The quantitative estimate of drug-likeness (QED) is 0.547. The molecule has 0 aromatic carbocycles. The lowest BCUT2D eigenvalue weighted by Gasteiger charge is -2.08. The number of fused-ring (bicyclic) bond motifs is 2. The smallest absolute Gasteiger partial charge is 0.348 e. The average Bonchev–Trinajstić information content (AvgIpc) is 3.09. The number of nitrogens with zero attached hydrogens (tertiary/aromatic N) is 2. The first kappa shape index (κ1) is 13.5. The van der Waals surface area contributed by atoms with Crippen LogP contribution in [0.25, 0.3) is 26.9 Å². The fourth-order valence-corrected chi connectivity index (χ4v) is 3.35. The summed E-state index contributed by atoms with van der Waals surface area (Å²) in [7, 11) is 0. The van der Waals surface area contributed by atoms with Crippen molar-refractivity contribution in [2.24, 2.45) is 0 Å². The van der Waals surface area contributed by atoms with Crippen LogP contribution in [0.5, 0.6) is 0 Å². The molecule has 4 aromatic rings. The molecule has 0 atom stereocenters. The Morgan fingerprint density at radius 1 is 1.26 bits per heavy atom. The van der Waals surface area contributed by atoms with Crippen LogP contribution < -0.4 is 11.1 Å². The van der Waals surface area contributed by atoms with Crippen LogP contribution in [0.3, 0.4) is 0 Å². The van der Waals surface area contributed by atoms with Crippen molar-refractivity contribution in [3.8, 4) is 16.7 Å². The first-order valence-corrected chi connectivity index (χ1v) is 7.68. The number of hydrogen-bond donors (Lipinski definition) is 1. The van der Waals surface area contributed by atoms with Crippen LogP contribution in [-0.2, 0) is 0 Å². The van der Waals surface area contributed by atoms with Gasteiger partial charge in [-0.2, -0.15) is 5.26 Å². The molecule has 1 N–H and O–H groups in total. The van der Waals surface area contributed by atoms with Crippen LogP contribution in [0.2, 0.25) is 0 Å². The topological polar surface area (TPSA) is 82.3 Å². The molecule has 0 aliphatic heterocycles. The van der Waals surface area contributed by atoms with Gasteiger partial charge in [0.15, 0.2) is 0 Å². The van der Waals surface area contributed by atoms with Gasteiger partial charge in [-0.05, 0) is 29.6 Å². The van der Waals surface area contributed by atoms with Crippen LogP contribution in [0.1, 0.15) is 5.56 Å². The summed E-state index contributed by atoms with van der Waals surface area (Å²) >= 11 is 1.45. The van der Waals surface area contributed by atoms with Crippen molar-refractivity contribution >= 4 is 27.6 Å². The highest BCUT2D eigenvalue weighted by Gasteiger charge is 2.16. The first-order chi connectivity index (χ1) is 11.2. The van der Waals surface area contributed by atoms with Crippen molar-refractivity contribution in [1.82, 2.24) is 4.40 Å². The lowest BCUT2D eigenvalue weighted by Crippen LogP contribution is -2.21. The molecule has 4 heterocycles. The maximum Gasteiger partial charge on any atom is 0.348 e. The second-order valence-electron chi connectivity index (χ2n) is 4.96. The molecular weight excluding hydrogens is 310 g/mol. The van der Waals surface area contributed by atoms with Crippen molar-refractivity contribution < 1.29 is 4.42 Å². The molecule has 0 unspecified atom stereocenters. The van der Waals surface area contributed by atoms with Gasteiger partial charge in [0, 0.05) is 11.6 Å². The molecule has 0 saturated heterocycles. The van der Waals surface area contributed by atoms with Crippen LogP contribution in [0.4, 0.5) is 0 Å². The second kappa shape index (κ2) is 4.93. The van der Waals surface area contributed by atoms with Crippen LogP contribution in [0, 0.1) is 16.7 Å². The average molecular weight is 319 g/mol. The molecular formula is C17H9N3O2S. The highest BCUT2D eigenvalue weighted by atomic mass is 32.1. The molecule has 23 heavy (non-hydrogen) atoms. The lowest BCUT2D eigenvalue weighted by molar-refractivity contribution is 0.535. The van der Waals surface area contributed by atoms with E-state index in [2.05, 4.69) is 6.07 Å². The molecule has 110 valence electrons. The Labute approximate surface area is 133 Å². The highest BCUT2D eigenvalue weighted by molar-refractivity contribution is 7.13. The minimum Gasteiger partial charge on any atom is -0.421 e. The molecule has 0 amide bonds. The van der Waals surface area contributed by atoms with Gasteiger partial charge in [0.25, 0.3) is 0 Å². The third kappa shape index (κ3) is 1.91. The van der Waals surface area contributed by atoms with Gasteiger partial charge < -0.3 is 8.82 Å². The molecule has 0 radical (unpaired) electrons. The number of hydrogen-bond acceptors (Lipinski definition) is 5. The number of nitriles is 1. The van der Waals surface area contributed by atoms with Gasteiger partial charge in [-0.15, -0.1) is 11.3 Å². The van der Waals surface area contributed by atoms with E-state index >= 15 is 0 Å². The van der Waals surface area contributed by atoms with E-state index in [9.17, 15) is 10.1 Å². The second-order valence-corrected chi connectivity index (χ2v) is 5.90. The molecule has 4 rings (SSSR count). The van der Waals surface area contributed by atoms with Crippen LogP contribution in [0.15, 0.2) is 57.2 Å². The lowest BCUT2D eigenvalue weighted by atomic mass is 10.1. The van der Waals surface area contributed by atoms with Gasteiger partial charge in [0.05, 0.1) is 16.0 Å². The van der Waals surface area contributed by atoms with Crippen molar-refractivity contribution in [3.05, 3.63) is 69.4 Å². The van der Waals surface area contributed by atoms with Gasteiger partial charge in [-0.1, -0.05) is 12.1 Å². The maximum atomic E-state index is 12.4. The van der Waals surface area contributed by atoms with E-state index in [-0.39, 0.29) is 10.9 Å². The molecule has 4 aromatic heterocycles. The van der Waals surface area contributed by atoms with Crippen LogP contribution >= 0.6 is 11.3 Å². The molecule has 0 aliphatic rings. The van der Waals surface area contributed by atoms with Gasteiger partial charge in [0.1, 0.15) is 22.7 Å². The van der Waals surface area contributed by atoms with Gasteiger partial charge in [-0.3, -0.25) is 5.41 Å². The molecule has 0 fully saturated rings. The molecule has 0 saturated carbocycles. The van der Waals surface area contributed by atoms with Crippen molar-refractivity contribution in [1.29, 1.82) is 10.7 Å². The summed E-state index contributed by atoms with van der Waals surface area (Å²) in [6, 6.07) is 12.8. The predicted molar refractivity (Wildman–Crippen MR) is 87.3 cm³/mol. The fourth-order valence-electron chi connectivity index (χ4n) is 2.67. The highest BCUT2D eigenvalue weighted by Crippen LogP contribution is 2.27. The summed E-state index contributed by atoms with van der Waals surface area (Å²) < 4.78 is 6.89. The summed E-state index contributed by atoms with van der Waals surface area (Å²) in [5.41, 5.74) is 0.365. The minimum atomic E-state index is -0.606. The predicted octanol–water partition coefficient (Wildman–Crippen LogP) is 3.13. The van der Waals surface area contributed by atoms with Gasteiger partial charge in [-0.25, -0.2) is 4.79 Å². The fraction of sp³-hybridized carbons (Fsp3) is 0. The van der Waals surface area contributed by atoms with E-state index in [1.807, 2.05) is 17.5 Å². The monoisotopic (exact) mass is 319 g/mol. The zero-order chi connectivity index (χ0) is 16.0. The summed E-state index contributed by atoms with van der Waals surface area (Å²) in [4.78, 5) is 13.2. The normalized spacial score (nSPS) is 10.9. The molecule has 5 nitrogen and oxygen atoms in total.